The number of nitrogens with zero attached hydrogens (tertiary/aromatic N) is 2. The minimum Gasteiger partial charge on any atom is -0.481 e. The van der Waals surface area contributed by atoms with Gasteiger partial charge in [0.2, 0.25) is 0 Å². The Balaban J connectivity index is 2.21. The summed E-state index contributed by atoms with van der Waals surface area (Å²) in [7, 11) is 0. The van der Waals surface area contributed by atoms with Gasteiger partial charge in [-0.25, -0.2) is 4.98 Å². The van der Waals surface area contributed by atoms with Crippen LogP contribution in [-0.2, 0) is 4.79 Å². The third-order valence-corrected chi connectivity index (χ3v) is 5.02. The van der Waals surface area contributed by atoms with E-state index in [0.29, 0.717) is 5.01 Å². The highest BCUT2D eigenvalue weighted by atomic mass is 32.1. The summed E-state index contributed by atoms with van der Waals surface area (Å²) in [6.07, 6.45) is -4.20. The van der Waals surface area contributed by atoms with E-state index < -0.39 is 36.4 Å². The molecule has 1 saturated heterocycles. The average Bonchev–Trinajstić information content (AvgIpc) is 3.05. The van der Waals surface area contributed by atoms with Crippen molar-refractivity contribution >= 4 is 23.2 Å². The number of hydrogen-bond acceptors (Lipinski definition) is 4. The molecule has 1 aromatic rings. The fraction of sp³-hybridized carbons (Fsp3) is 0.615. The summed E-state index contributed by atoms with van der Waals surface area (Å²) < 4.78 is 39.3. The number of likely N-dealkylation sites (tertiary alicyclic amines) is 1. The number of carbonyl (C=O) groups excluding carboxylic acids is 1. The predicted octanol–water partition coefficient (Wildman–Crippen LogP) is 2.75. The number of hydrogen-bond donors (Lipinski definition) is 1. The maximum Gasteiger partial charge on any atom is 0.406 e. The molecule has 0 aromatic carbocycles. The van der Waals surface area contributed by atoms with Gasteiger partial charge in [0.25, 0.3) is 5.91 Å². The van der Waals surface area contributed by atoms with Crippen molar-refractivity contribution in [3.63, 3.8) is 0 Å². The van der Waals surface area contributed by atoms with Crippen molar-refractivity contribution in [2.75, 3.05) is 13.1 Å². The van der Waals surface area contributed by atoms with Crippen LogP contribution in [0.1, 0.15) is 40.9 Å². The molecule has 1 aliphatic rings. The fourth-order valence-corrected chi connectivity index (χ4v) is 3.21. The minimum absolute atomic E-state index is 0.110. The lowest BCUT2D eigenvalue weighted by Gasteiger charge is -2.27. The number of aliphatic carboxylic acids is 1. The van der Waals surface area contributed by atoms with Crippen LogP contribution < -0.4 is 0 Å². The van der Waals surface area contributed by atoms with Crippen molar-refractivity contribution in [1.29, 1.82) is 0 Å². The van der Waals surface area contributed by atoms with Crippen LogP contribution in [0.2, 0.25) is 0 Å². The van der Waals surface area contributed by atoms with Gasteiger partial charge in [0.1, 0.15) is 4.88 Å². The zero-order valence-corrected chi connectivity index (χ0v) is 12.8. The van der Waals surface area contributed by atoms with Gasteiger partial charge in [-0.3, -0.25) is 9.59 Å². The Bertz CT molecular complexity index is 600. The molecule has 1 aliphatic heterocycles. The molecule has 0 spiro atoms. The van der Waals surface area contributed by atoms with E-state index in [1.807, 2.05) is 13.8 Å². The average molecular weight is 336 g/mol. The van der Waals surface area contributed by atoms with E-state index in [-0.39, 0.29) is 17.3 Å². The Morgan fingerprint density at radius 3 is 2.50 bits per heavy atom. The number of aromatic nitrogens is 1. The molecule has 0 saturated carbocycles. The van der Waals surface area contributed by atoms with Gasteiger partial charge in [0.05, 0.1) is 11.2 Å². The highest BCUT2D eigenvalue weighted by molar-refractivity contribution is 7.13. The van der Waals surface area contributed by atoms with Crippen molar-refractivity contribution in [3.05, 3.63) is 16.1 Å². The van der Waals surface area contributed by atoms with Crippen LogP contribution >= 0.6 is 11.3 Å². The van der Waals surface area contributed by atoms with Crippen LogP contribution in [0, 0.1) is 5.41 Å². The largest absolute Gasteiger partial charge is 0.481 e. The second-order valence-electron chi connectivity index (χ2n) is 5.58. The number of rotatable bonds is 3. The van der Waals surface area contributed by atoms with E-state index in [1.165, 1.54) is 6.20 Å². The summed E-state index contributed by atoms with van der Waals surface area (Å²) in [5, 5.41) is 9.69. The first-order valence-electron chi connectivity index (χ1n) is 6.63. The number of halogens is 3. The van der Waals surface area contributed by atoms with Crippen LogP contribution in [0.25, 0.3) is 0 Å². The molecular weight excluding hydrogens is 321 g/mol. The van der Waals surface area contributed by atoms with E-state index >= 15 is 0 Å². The van der Waals surface area contributed by atoms with Gasteiger partial charge in [-0.2, -0.15) is 13.2 Å². The SMILES string of the molecule is CC(C)c1ncc(C(=O)N2CCC(C(=O)O)(C(F)(F)F)C2)s1. The number of carbonyl (C=O) groups is 2. The molecule has 1 atom stereocenters. The first-order chi connectivity index (χ1) is 10.1. The highest BCUT2D eigenvalue weighted by Gasteiger charge is 2.64. The lowest BCUT2D eigenvalue weighted by atomic mass is 9.86. The predicted molar refractivity (Wildman–Crippen MR) is 72.8 cm³/mol. The van der Waals surface area contributed by atoms with Crippen LogP contribution in [0.5, 0.6) is 0 Å². The summed E-state index contributed by atoms with van der Waals surface area (Å²) in [4.78, 5) is 28.6. The minimum atomic E-state index is -4.90. The molecule has 1 fully saturated rings. The molecule has 1 aromatic heterocycles. The van der Waals surface area contributed by atoms with Crippen molar-refractivity contribution in [1.82, 2.24) is 9.88 Å². The summed E-state index contributed by atoms with van der Waals surface area (Å²) >= 11 is 1.12. The number of carboxylic acid groups (broad SMARTS) is 1. The topological polar surface area (TPSA) is 70.5 Å². The summed E-state index contributed by atoms with van der Waals surface area (Å²) in [6.45, 7) is 2.68. The van der Waals surface area contributed by atoms with Crippen LogP contribution in [0.15, 0.2) is 6.20 Å². The molecule has 9 heteroatoms. The summed E-state index contributed by atoms with van der Waals surface area (Å²) in [6, 6.07) is 0. The molecule has 22 heavy (non-hydrogen) atoms. The Morgan fingerprint density at radius 2 is 2.09 bits per heavy atom. The van der Waals surface area contributed by atoms with Crippen molar-refractivity contribution in [3.8, 4) is 0 Å². The van der Waals surface area contributed by atoms with Gasteiger partial charge >= 0.3 is 12.1 Å². The number of alkyl halides is 3. The third kappa shape index (κ3) is 2.69. The maximum atomic E-state index is 13.1. The van der Waals surface area contributed by atoms with Crippen LogP contribution in [-0.4, -0.2) is 46.1 Å². The molecule has 2 heterocycles. The van der Waals surface area contributed by atoms with Crippen LogP contribution in [0.4, 0.5) is 13.2 Å². The van der Waals surface area contributed by atoms with E-state index in [1.54, 1.807) is 0 Å². The second kappa shape index (κ2) is 5.53. The molecule has 0 radical (unpaired) electrons. The first-order valence-corrected chi connectivity index (χ1v) is 7.45. The Hall–Kier alpha value is -1.64. The molecule has 5 nitrogen and oxygen atoms in total. The molecule has 1 amide bonds. The van der Waals surface area contributed by atoms with E-state index in [4.69, 9.17) is 5.11 Å². The lowest BCUT2D eigenvalue weighted by molar-refractivity contribution is -0.227. The molecule has 2 rings (SSSR count). The number of thiazole rings is 1. The van der Waals surface area contributed by atoms with Crippen molar-refractivity contribution in [2.24, 2.45) is 5.41 Å². The first kappa shape index (κ1) is 16.7. The zero-order valence-electron chi connectivity index (χ0n) is 12.0. The van der Waals surface area contributed by atoms with Gasteiger partial charge in [0.15, 0.2) is 5.41 Å². The third-order valence-electron chi connectivity index (χ3n) is 3.74. The molecule has 122 valence electrons. The van der Waals surface area contributed by atoms with E-state index in [0.717, 1.165) is 16.2 Å². The maximum absolute atomic E-state index is 13.1. The molecule has 0 aliphatic carbocycles. The molecular formula is C13H15F3N2O3S. The quantitative estimate of drug-likeness (QED) is 0.921. The Kier molecular flexibility index (Phi) is 4.20. The fourth-order valence-electron chi connectivity index (χ4n) is 2.32. The normalized spacial score (nSPS) is 22.4. The lowest BCUT2D eigenvalue weighted by Crippen LogP contribution is -2.47. The van der Waals surface area contributed by atoms with Gasteiger partial charge in [-0.1, -0.05) is 13.8 Å². The summed E-state index contributed by atoms with van der Waals surface area (Å²) in [5.74, 6) is -2.43. The standard InChI is InChI=1S/C13H15F3N2O3S/c1-7(2)9-17-5-8(22-9)10(19)18-4-3-12(6-18,11(20)21)13(14,15)16/h5,7H,3-4,6H2,1-2H3,(H,20,21). The number of carboxylic acids is 1. The molecule has 0 bridgehead atoms. The highest BCUT2D eigenvalue weighted by Crippen LogP contribution is 2.46. The smallest absolute Gasteiger partial charge is 0.406 e. The van der Waals surface area contributed by atoms with Crippen molar-refractivity contribution < 1.29 is 27.9 Å². The van der Waals surface area contributed by atoms with Crippen molar-refractivity contribution in [2.45, 2.75) is 32.4 Å². The van der Waals surface area contributed by atoms with Gasteiger partial charge in [-0.05, 0) is 6.42 Å². The van der Waals surface area contributed by atoms with E-state index in [9.17, 15) is 22.8 Å². The molecule has 1 N–H and O–H groups in total. The number of amides is 1. The Morgan fingerprint density at radius 1 is 1.45 bits per heavy atom. The zero-order chi connectivity index (χ0) is 16.7. The van der Waals surface area contributed by atoms with E-state index in [2.05, 4.69) is 4.98 Å². The monoisotopic (exact) mass is 336 g/mol. The Labute approximate surface area is 128 Å². The summed E-state index contributed by atoms with van der Waals surface area (Å²) in [5.41, 5.74) is -2.88. The second-order valence-corrected chi connectivity index (χ2v) is 6.64. The van der Waals surface area contributed by atoms with Gasteiger partial charge in [0, 0.05) is 19.0 Å². The van der Waals surface area contributed by atoms with Gasteiger partial charge < -0.3 is 10.0 Å². The molecule has 1 unspecified atom stereocenters. The van der Waals surface area contributed by atoms with Gasteiger partial charge in [-0.15, -0.1) is 11.3 Å². The van der Waals surface area contributed by atoms with Crippen LogP contribution in [0.3, 0.4) is 0 Å².